The van der Waals surface area contributed by atoms with Gasteiger partial charge in [0.1, 0.15) is 5.75 Å². The SMILES string of the molecule is Cn1c(-c2ccc(OCCCCl)cc2)cc(=O)c2ccccc21. The maximum Gasteiger partial charge on any atom is 0.190 e. The molecule has 3 rings (SSSR count). The molecule has 0 aliphatic heterocycles. The lowest BCUT2D eigenvalue weighted by Gasteiger charge is -2.13. The van der Waals surface area contributed by atoms with Gasteiger partial charge in [0.05, 0.1) is 17.8 Å². The summed E-state index contributed by atoms with van der Waals surface area (Å²) in [6.45, 7) is 0.608. The van der Waals surface area contributed by atoms with Crippen molar-refractivity contribution in [3.8, 4) is 17.0 Å². The third-order valence-corrected chi connectivity index (χ3v) is 4.12. The average molecular weight is 328 g/mol. The fourth-order valence-electron chi connectivity index (χ4n) is 2.65. The molecule has 3 aromatic rings. The lowest BCUT2D eigenvalue weighted by Crippen LogP contribution is -2.08. The van der Waals surface area contributed by atoms with Crippen LogP contribution in [-0.4, -0.2) is 17.1 Å². The number of nitrogens with zero attached hydrogens (tertiary/aromatic N) is 1. The van der Waals surface area contributed by atoms with Crippen molar-refractivity contribution >= 4 is 22.5 Å². The van der Waals surface area contributed by atoms with Crippen molar-refractivity contribution < 1.29 is 4.74 Å². The Morgan fingerprint density at radius 2 is 1.83 bits per heavy atom. The minimum absolute atomic E-state index is 0.0381. The minimum Gasteiger partial charge on any atom is -0.494 e. The van der Waals surface area contributed by atoms with Crippen LogP contribution in [-0.2, 0) is 7.05 Å². The number of aryl methyl sites for hydroxylation is 1. The Balaban J connectivity index is 1.97. The number of benzene rings is 2. The molecule has 1 aromatic heterocycles. The molecule has 0 aliphatic rings. The first-order valence-corrected chi connectivity index (χ1v) is 8.12. The maximum atomic E-state index is 12.3. The summed E-state index contributed by atoms with van der Waals surface area (Å²) in [5, 5.41) is 0.736. The second-order valence-electron chi connectivity index (χ2n) is 5.39. The highest BCUT2D eigenvalue weighted by atomic mass is 35.5. The van der Waals surface area contributed by atoms with E-state index in [-0.39, 0.29) is 5.43 Å². The molecule has 0 aliphatic carbocycles. The van der Waals surface area contributed by atoms with Crippen LogP contribution in [0.25, 0.3) is 22.2 Å². The summed E-state index contributed by atoms with van der Waals surface area (Å²) in [6.07, 6.45) is 0.822. The van der Waals surface area contributed by atoms with Gasteiger partial charge in [-0.1, -0.05) is 12.1 Å². The quantitative estimate of drug-likeness (QED) is 0.519. The lowest BCUT2D eigenvalue weighted by atomic mass is 10.1. The van der Waals surface area contributed by atoms with E-state index < -0.39 is 0 Å². The monoisotopic (exact) mass is 327 g/mol. The number of ether oxygens (including phenoxy) is 1. The second kappa shape index (κ2) is 6.88. The zero-order chi connectivity index (χ0) is 16.2. The van der Waals surface area contributed by atoms with Crippen LogP contribution in [0.2, 0.25) is 0 Å². The molecule has 0 bridgehead atoms. The molecule has 0 N–H and O–H groups in total. The highest BCUT2D eigenvalue weighted by molar-refractivity contribution is 6.17. The Bertz CT molecular complexity index is 869. The van der Waals surface area contributed by atoms with Crippen LogP contribution >= 0.6 is 11.6 Å². The summed E-state index contributed by atoms with van der Waals surface area (Å²) in [4.78, 5) is 12.3. The molecule has 118 valence electrons. The lowest BCUT2D eigenvalue weighted by molar-refractivity contribution is 0.318. The molecule has 0 saturated carbocycles. The smallest absolute Gasteiger partial charge is 0.190 e. The van der Waals surface area contributed by atoms with Crippen molar-refractivity contribution in [2.75, 3.05) is 12.5 Å². The third kappa shape index (κ3) is 3.25. The van der Waals surface area contributed by atoms with Gasteiger partial charge in [-0.05, 0) is 48.4 Å². The van der Waals surface area contributed by atoms with E-state index in [9.17, 15) is 4.79 Å². The van der Waals surface area contributed by atoms with E-state index in [4.69, 9.17) is 16.3 Å². The van der Waals surface area contributed by atoms with Crippen molar-refractivity contribution in [3.63, 3.8) is 0 Å². The standard InChI is InChI=1S/C19H18ClNO2/c1-21-17-6-3-2-5-16(17)19(22)13-18(21)14-7-9-15(10-8-14)23-12-4-11-20/h2-3,5-10,13H,4,11-12H2,1H3. The first-order valence-electron chi connectivity index (χ1n) is 7.58. The first kappa shape index (κ1) is 15.6. The zero-order valence-electron chi connectivity index (χ0n) is 13.0. The van der Waals surface area contributed by atoms with Gasteiger partial charge >= 0.3 is 0 Å². The van der Waals surface area contributed by atoms with Crippen molar-refractivity contribution in [2.45, 2.75) is 6.42 Å². The molecule has 0 unspecified atom stereocenters. The van der Waals surface area contributed by atoms with Gasteiger partial charge in [0, 0.05) is 24.4 Å². The molecule has 0 atom stereocenters. The Hall–Kier alpha value is -2.26. The Morgan fingerprint density at radius 1 is 1.09 bits per heavy atom. The molecule has 0 radical (unpaired) electrons. The van der Waals surface area contributed by atoms with E-state index in [0.717, 1.165) is 34.3 Å². The van der Waals surface area contributed by atoms with Crippen molar-refractivity contribution in [1.82, 2.24) is 4.57 Å². The van der Waals surface area contributed by atoms with Crippen LogP contribution in [0.5, 0.6) is 5.75 Å². The van der Waals surface area contributed by atoms with Gasteiger partial charge in [-0.15, -0.1) is 11.6 Å². The van der Waals surface area contributed by atoms with Crippen LogP contribution in [0.3, 0.4) is 0 Å². The Labute approximate surface area is 140 Å². The van der Waals surface area contributed by atoms with Gasteiger partial charge in [-0.25, -0.2) is 0 Å². The molecule has 2 aromatic carbocycles. The van der Waals surface area contributed by atoms with Crippen LogP contribution in [0, 0.1) is 0 Å². The van der Waals surface area contributed by atoms with E-state index >= 15 is 0 Å². The number of hydrogen-bond acceptors (Lipinski definition) is 2. The number of hydrogen-bond donors (Lipinski definition) is 0. The van der Waals surface area contributed by atoms with Crippen molar-refractivity contribution in [2.24, 2.45) is 7.05 Å². The molecule has 0 saturated heterocycles. The summed E-state index contributed by atoms with van der Waals surface area (Å²) in [7, 11) is 1.97. The van der Waals surface area contributed by atoms with Gasteiger partial charge < -0.3 is 9.30 Å². The van der Waals surface area contributed by atoms with E-state index in [1.807, 2.05) is 60.1 Å². The largest absolute Gasteiger partial charge is 0.494 e. The first-order chi connectivity index (χ1) is 11.2. The van der Waals surface area contributed by atoms with Gasteiger partial charge in [0.25, 0.3) is 0 Å². The summed E-state index contributed by atoms with van der Waals surface area (Å²) < 4.78 is 7.65. The van der Waals surface area contributed by atoms with Crippen LogP contribution < -0.4 is 10.2 Å². The molecule has 23 heavy (non-hydrogen) atoms. The van der Waals surface area contributed by atoms with Gasteiger partial charge in [0.2, 0.25) is 0 Å². The fraction of sp³-hybridized carbons (Fsp3) is 0.211. The highest BCUT2D eigenvalue weighted by Gasteiger charge is 2.08. The average Bonchev–Trinajstić information content (AvgIpc) is 2.59. The predicted octanol–water partition coefficient (Wildman–Crippen LogP) is 4.21. The molecule has 0 amide bonds. The third-order valence-electron chi connectivity index (χ3n) is 3.86. The number of para-hydroxylation sites is 1. The van der Waals surface area contributed by atoms with Crippen molar-refractivity contribution in [3.05, 3.63) is 64.8 Å². The molecular weight excluding hydrogens is 310 g/mol. The van der Waals surface area contributed by atoms with Crippen LogP contribution in [0.1, 0.15) is 6.42 Å². The summed E-state index contributed by atoms with van der Waals surface area (Å²) in [6, 6.07) is 17.1. The van der Waals surface area contributed by atoms with Gasteiger partial charge in [0.15, 0.2) is 5.43 Å². The van der Waals surface area contributed by atoms with Crippen LogP contribution in [0.4, 0.5) is 0 Å². The van der Waals surface area contributed by atoms with Crippen LogP contribution in [0.15, 0.2) is 59.4 Å². The van der Waals surface area contributed by atoms with E-state index in [2.05, 4.69) is 0 Å². The molecule has 3 nitrogen and oxygen atoms in total. The van der Waals surface area contributed by atoms with E-state index in [1.54, 1.807) is 6.07 Å². The zero-order valence-corrected chi connectivity index (χ0v) is 13.7. The number of alkyl halides is 1. The molecular formula is C19H18ClNO2. The summed E-state index contributed by atoms with van der Waals surface area (Å²) in [5.74, 6) is 1.40. The minimum atomic E-state index is 0.0381. The number of rotatable bonds is 5. The van der Waals surface area contributed by atoms with Gasteiger partial charge in [-0.3, -0.25) is 4.79 Å². The molecule has 4 heteroatoms. The molecule has 0 spiro atoms. The van der Waals surface area contributed by atoms with E-state index in [0.29, 0.717) is 12.5 Å². The number of halogens is 1. The van der Waals surface area contributed by atoms with E-state index in [1.165, 1.54) is 0 Å². The predicted molar refractivity (Wildman–Crippen MR) is 95.5 cm³/mol. The Kier molecular flexibility index (Phi) is 4.68. The second-order valence-corrected chi connectivity index (χ2v) is 5.76. The maximum absolute atomic E-state index is 12.3. The summed E-state index contributed by atoms with van der Waals surface area (Å²) in [5.41, 5.74) is 2.84. The van der Waals surface area contributed by atoms with Gasteiger partial charge in [-0.2, -0.15) is 0 Å². The number of aromatic nitrogens is 1. The summed E-state index contributed by atoms with van der Waals surface area (Å²) >= 11 is 5.64. The number of pyridine rings is 1. The number of fused-ring (bicyclic) bond motifs is 1. The highest BCUT2D eigenvalue weighted by Crippen LogP contribution is 2.24. The normalized spacial score (nSPS) is 10.9. The molecule has 0 fully saturated rings. The topological polar surface area (TPSA) is 31.2 Å². The molecule has 1 heterocycles. The fourth-order valence-corrected chi connectivity index (χ4v) is 2.76. The van der Waals surface area contributed by atoms with Crippen molar-refractivity contribution in [1.29, 1.82) is 0 Å². The Morgan fingerprint density at radius 3 is 2.57 bits per heavy atom.